The minimum atomic E-state index is 0.409. The molecule has 0 aromatic rings. The first kappa shape index (κ1) is 11.3. The number of amidine groups is 1. The quantitative estimate of drug-likeness (QED) is 0.752. The normalized spacial score (nSPS) is 53.7. The molecule has 0 amide bonds. The topological polar surface area (TPSA) is 24.4 Å². The van der Waals surface area contributed by atoms with Crippen LogP contribution in [-0.2, 0) is 0 Å². The van der Waals surface area contributed by atoms with Crippen molar-refractivity contribution in [2.24, 2.45) is 21.7 Å². The van der Waals surface area contributed by atoms with E-state index in [1.54, 1.807) is 0 Å². The van der Waals surface area contributed by atoms with Crippen molar-refractivity contribution in [2.45, 2.75) is 70.8 Å². The molecule has 2 nitrogen and oxygen atoms in total. The summed E-state index contributed by atoms with van der Waals surface area (Å²) in [4.78, 5) is 4.66. The van der Waals surface area contributed by atoms with Crippen molar-refractivity contribution >= 4 is 5.84 Å². The number of nitrogens with zero attached hydrogens (tertiary/aromatic N) is 1. The molecule has 1 heterocycles. The van der Waals surface area contributed by atoms with Crippen LogP contribution in [0.15, 0.2) is 4.99 Å². The Balaban J connectivity index is 1.64. The first-order valence-electron chi connectivity index (χ1n) is 7.80. The molecule has 1 N–H and O–H groups in total. The van der Waals surface area contributed by atoms with Crippen LogP contribution in [-0.4, -0.2) is 17.9 Å². The zero-order chi connectivity index (χ0) is 12.4. The molecule has 0 saturated heterocycles. The molecule has 4 fully saturated rings. The SMILES string of the molecule is CC12CC3CC(C)(C1)CC(NC1=NCCC1)(C3)C2. The van der Waals surface area contributed by atoms with Crippen LogP contribution in [0.4, 0.5) is 0 Å². The summed E-state index contributed by atoms with van der Waals surface area (Å²) in [6.07, 6.45) is 11.1. The molecule has 0 radical (unpaired) electrons. The highest BCUT2D eigenvalue weighted by Crippen LogP contribution is 2.66. The van der Waals surface area contributed by atoms with Gasteiger partial charge in [0, 0.05) is 18.5 Å². The zero-order valence-corrected chi connectivity index (χ0v) is 11.9. The van der Waals surface area contributed by atoms with Gasteiger partial charge in [0.15, 0.2) is 0 Å². The highest BCUT2D eigenvalue weighted by molar-refractivity contribution is 5.84. The van der Waals surface area contributed by atoms with E-state index in [0.29, 0.717) is 16.4 Å². The Bertz CT molecular complexity index is 393. The van der Waals surface area contributed by atoms with Gasteiger partial charge in [-0.3, -0.25) is 4.99 Å². The van der Waals surface area contributed by atoms with Gasteiger partial charge in [0.2, 0.25) is 0 Å². The Morgan fingerprint density at radius 1 is 1.06 bits per heavy atom. The van der Waals surface area contributed by atoms with E-state index < -0.39 is 0 Å². The third-order valence-corrected chi connectivity index (χ3v) is 5.91. The molecule has 2 unspecified atom stereocenters. The average Bonchev–Trinajstić information content (AvgIpc) is 2.62. The summed E-state index contributed by atoms with van der Waals surface area (Å²) in [7, 11) is 0. The molecule has 0 aromatic carbocycles. The summed E-state index contributed by atoms with van der Waals surface area (Å²) in [5.41, 5.74) is 1.63. The summed E-state index contributed by atoms with van der Waals surface area (Å²) in [5, 5.41) is 3.92. The van der Waals surface area contributed by atoms with Gasteiger partial charge in [0.05, 0.1) is 5.84 Å². The highest BCUT2D eigenvalue weighted by Gasteiger charge is 2.60. The van der Waals surface area contributed by atoms with Crippen molar-refractivity contribution in [2.75, 3.05) is 6.54 Å². The maximum Gasteiger partial charge on any atom is 0.0968 e. The van der Waals surface area contributed by atoms with Gasteiger partial charge in [0.1, 0.15) is 0 Å². The average molecular weight is 246 g/mol. The molecular formula is C16H26N2. The molecule has 18 heavy (non-hydrogen) atoms. The lowest BCUT2D eigenvalue weighted by atomic mass is 9.43. The van der Waals surface area contributed by atoms with Gasteiger partial charge in [-0.05, 0) is 61.7 Å². The van der Waals surface area contributed by atoms with Crippen LogP contribution in [0.1, 0.15) is 65.2 Å². The van der Waals surface area contributed by atoms with Crippen LogP contribution in [0.3, 0.4) is 0 Å². The van der Waals surface area contributed by atoms with Gasteiger partial charge in [-0.15, -0.1) is 0 Å². The smallest absolute Gasteiger partial charge is 0.0968 e. The van der Waals surface area contributed by atoms with Gasteiger partial charge in [-0.25, -0.2) is 0 Å². The lowest BCUT2D eigenvalue weighted by Gasteiger charge is -2.65. The third-order valence-electron chi connectivity index (χ3n) is 5.91. The molecule has 2 atom stereocenters. The van der Waals surface area contributed by atoms with Crippen LogP contribution in [0.25, 0.3) is 0 Å². The van der Waals surface area contributed by atoms with Gasteiger partial charge in [-0.1, -0.05) is 13.8 Å². The zero-order valence-electron chi connectivity index (χ0n) is 11.9. The first-order valence-corrected chi connectivity index (χ1v) is 7.80. The van der Waals surface area contributed by atoms with E-state index in [1.807, 2.05) is 0 Å². The molecule has 4 saturated carbocycles. The van der Waals surface area contributed by atoms with Crippen molar-refractivity contribution < 1.29 is 0 Å². The number of hydrogen-bond donors (Lipinski definition) is 1. The summed E-state index contributed by atoms with van der Waals surface area (Å²) >= 11 is 0. The van der Waals surface area contributed by atoms with Crippen LogP contribution < -0.4 is 5.32 Å². The van der Waals surface area contributed by atoms with Crippen LogP contribution in [0.5, 0.6) is 0 Å². The fourth-order valence-corrected chi connectivity index (χ4v) is 6.53. The minimum absolute atomic E-state index is 0.409. The summed E-state index contributed by atoms with van der Waals surface area (Å²) in [6, 6.07) is 0. The van der Waals surface area contributed by atoms with E-state index in [9.17, 15) is 0 Å². The molecule has 4 bridgehead atoms. The fourth-order valence-electron chi connectivity index (χ4n) is 6.53. The summed E-state index contributed by atoms with van der Waals surface area (Å²) in [6.45, 7) is 6.14. The Morgan fingerprint density at radius 2 is 1.78 bits per heavy atom. The molecule has 0 spiro atoms. The van der Waals surface area contributed by atoms with Crippen molar-refractivity contribution in [3.8, 4) is 0 Å². The van der Waals surface area contributed by atoms with Crippen LogP contribution >= 0.6 is 0 Å². The highest BCUT2D eigenvalue weighted by atomic mass is 15.1. The molecule has 0 aromatic heterocycles. The van der Waals surface area contributed by atoms with Crippen molar-refractivity contribution in [1.29, 1.82) is 0 Å². The van der Waals surface area contributed by atoms with E-state index in [2.05, 4.69) is 24.2 Å². The maximum atomic E-state index is 4.66. The molecule has 2 heteroatoms. The van der Waals surface area contributed by atoms with E-state index in [4.69, 9.17) is 0 Å². The molecule has 1 aliphatic heterocycles. The standard InChI is InChI=1S/C16H26N2/c1-14-6-12-7-15(2,9-14)11-16(8-12,10-14)18-13-4-3-5-17-13/h12H,3-11H2,1-2H3,(H,17,18). The van der Waals surface area contributed by atoms with Gasteiger partial charge in [0.25, 0.3) is 0 Å². The molecule has 5 rings (SSSR count). The second-order valence-electron chi connectivity index (χ2n) is 8.47. The number of nitrogens with one attached hydrogen (secondary N) is 1. The van der Waals surface area contributed by atoms with E-state index >= 15 is 0 Å². The monoisotopic (exact) mass is 246 g/mol. The van der Waals surface area contributed by atoms with Gasteiger partial charge < -0.3 is 5.32 Å². The predicted octanol–water partition coefficient (Wildman–Crippen LogP) is 3.52. The second-order valence-corrected chi connectivity index (χ2v) is 8.47. The van der Waals surface area contributed by atoms with Crippen molar-refractivity contribution in [3.05, 3.63) is 0 Å². The Morgan fingerprint density at radius 3 is 2.33 bits per heavy atom. The number of hydrogen-bond acceptors (Lipinski definition) is 2. The van der Waals surface area contributed by atoms with Gasteiger partial charge >= 0.3 is 0 Å². The van der Waals surface area contributed by atoms with Crippen LogP contribution in [0, 0.1) is 16.7 Å². The van der Waals surface area contributed by atoms with E-state index in [-0.39, 0.29) is 0 Å². The molecule has 4 aliphatic carbocycles. The van der Waals surface area contributed by atoms with Crippen molar-refractivity contribution in [1.82, 2.24) is 5.32 Å². The first-order chi connectivity index (χ1) is 8.49. The second kappa shape index (κ2) is 3.32. The minimum Gasteiger partial charge on any atom is -0.368 e. The molecular weight excluding hydrogens is 220 g/mol. The van der Waals surface area contributed by atoms with E-state index in [0.717, 1.165) is 12.5 Å². The van der Waals surface area contributed by atoms with Crippen LogP contribution in [0.2, 0.25) is 0 Å². The Kier molecular flexibility index (Phi) is 2.08. The number of aliphatic imine (C=N–C) groups is 1. The predicted molar refractivity (Wildman–Crippen MR) is 74.8 cm³/mol. The van der Waals surface area contributed by atoms with E-state index in [1.165, 1.54) is 57.2 Å². The fraction of sp³-hybridized carbons (Fsp3) is 0.938. The third kappa shape index (κ3) is 1.64. The largest absolute Gasteiger partial charge is 0.368 e. The van der Waals surface area contributed by atoms with Crippen molar-refractivity contribution in [3.63, 3.8) is 0 Å². The maximum absolute atomic E-state index is 4.66. The molecule has 5 aliphatic rings. The lowest BCUT2D eigenvalue weighted by molar-refractivity contribution is -0.112. The van der Waals surface area contributed by atoms with Gasteiger partial charge in [-0.2, -0.15) is 0 Å². The Hall–Kier alpha value is -0.530. The molecule has 100 valence electrons. The summed E-state index contributed by atoms with van der Waals surface area (Å²) in [5.74, 6) is 2.30. The lowest BCUT2D eigenvalue weighted by Crippen LogP contribution is -2.65. The number of rotatable bonds is 1. The Labute approximate surface area is 111 Å². The summed E-state index contributed by atoms with van der Waals surface area (Å²) < 4.78 is 0.